The van der Waals surface area contributed by atoms with Crippen LogP contribution in [0.1, 0.15) is 31.9 Å². The number of pyridine rings is 2. The Morgan fingerprint density at radius 3 is 2.40 bits per heavy atom. The molecule has 8 heteroatoms. The second-order valence-electron chi connectivity index (χ2n) is 9.40. The number of aromatic nitrogens is 2. The molecule has 0 atom stereocenters. The second kappa shape index (κ2) is 9.46. The molecule has 178 valence electrons. The summed E-state index contributed by atoms with van der Waals surface area (Å²) in [6.45, 7) is 8.31. The molecule has 2 aromatic heterocycles. The molecule has 0 saturated carbocycles. The number of benzene rings is 2. The van der Waals surface area contributed by atoms with E-state index in [1.165, 1.54) is 0 Å². The molecule has 2 aromatic carbocycles. The summed E-state index contributed by atoms with van der Waals surface area (Å²) in [6.07, 6.45) is 5.11. The lowest BCUT2D eigenvalue weighted by atomic mass is 9.87. The summed E-state index contributed by atoms with van der Waals surface area (Å²) in [7, 11) is 0. The highest BCUT2D eigenvalue weighted by Crippen LogP contribution is 2.32. The number of nitrogens with one attached hydrogen (secondary N) is 2. The van der Waals surface area contributed by atoms with Crippen LogP contribution in [-0.2, 0) is 15.0 Å². The van der Waals surface area contributed by atoms with Gasteiger partial charge in [-0.15, -0.1) is 0 Å². The number of nitrogens with two attached hydrogens (primary N) is 1. The maximum absolute atomic E-state index is 12.6. The zero-order valence-corrected chi connectivity index (χ0v) is 21.5. The molecule has 4 rings (SSSR count). The first-order valence-electron chi connectivity index (χ1n) is 11.1. The average molecular weight is 532 g/mol. The van der Waals surface area contributed by atoms with E-state index >= 15 is 0 Å². The Morgan fingerprint density at radius 2 is 1.71 bits per heavy atom. The number of anilines is 3. The fraction of sp³-hybridized carbons (Fsp3) is 0.185. The van der Waals surface area contributed by atoms with Gasteiger partial charge in [0.05, 0.1) is 5.69 Å². The van der Waals surface area contributed by atoms with E-state index in [0.29, 0.717) is 15.8 Å². The minimum absolute atomic E-state index is 0.0385. The van der Waals surface area contributed by atoms with Crippen molar-refractivity contribution >= 4 is 55.7 Å². The van der Waals surface area contributed by atoms with Crippen molar-refractivity contribution in [2.75, 3.05) is 16.4 Å². The van der Waals surface area contributed by atoms with E-state index in [2.05, 4.69) is 57.3 Å². The Labute approximate surface area is 212 Å². The van der Waals surface area contributed by atoms with Crippen LogP contribution in [-0.4, -0.2) is 21.8 Å². The first kappa shape index (κ1) is 24.3. The molecule has 2 heterocycles. The van der Waals surface area contributed by atoms with Crippen LogP contribution in [0.4, 0.5) is 17.2 Å². The number of fused-ring (bicyclic) bond motifs is 1. The number of hydrogen-bond acceptors (Lipinski definition) is 5. The number of nitrogens with zero attached hydrogens (tertiary/aromatic N) is 2. The van der Waals surface area contributed by atoms with Crippen LogP contribution in [0.5, 0.6) is 0 Å². The first-order valence-corrected chi connectivity index (χ1v) is 11.8. The fourth-order valence-electron chi connectivity index (χ4n) is 3.71. The standard InChI is InChI=1S/C27H26BrN5O2/c1-15-7-8-30-13-19(15)16-9-17-11-24(31-14-20(17)22(29)10-16)33-26(35)25(34)32-23-6-5-18(12-21(23)28)27(2,3)4/h5-14H,29H2,1-4H3,(H,32,34)(H,31,33,35). The molecule has 0 bridgehead atoms. The van der Waals surface area contributed by atoms with E-state index in [4.69, 9.17) is 5.73 Å². The van der Waals surface area contributed by atoms with Crippen molar-refractivity contribution in [3.05, 3.63) is 76.7 Å². The maximum atomic E-state index is 12.6. The molecule has 0 aliphatic rings. The van der Waals surface area contributed by atoms with Gasteiger partial charge in [-0.2, -0.15) is 0 Å². The van der Waals surface area contributed by atoms with E-state index in [9.17, 15) is 9.59 Å². The summed E-state index contributed by atoms with van der Waals surface area (Å²) in [5, 5.41) is 6.75. The Hall–Kier alpha value is -3.78. The van der Waals surface area contributed by atoms with Crippen molar-refractivity contribution in [3.8, 4) is 11.1 Å². The predicted octanol–water partition coefficient (Wildman–Crippen LogP) is 5.82. The number of amides is 2. The Bertz CT molecular complexity index is 1460. The lowest BCUT2D eigenvalue weighted by Crippen LogP contribution is -2.29. The van der Waals surface area contributed by atoms with E-state index in [0.717, 1.165) is 33.0 Å². The highest BCUT2D eigenvalue weighted by molar-refractivity contribution is 9.10. The van der Waals surface area contributed by atoms with Gasteiger partial charge in [-0.3, -0.25) is 14.6 Å². The second-order valence-corrected chi connectivity index (χ2v) is 10.3. The van der Waals surface area contributed by atoms with Gasteiger partial charge in [-0.1, -0.05) is 26.8 Å². The summed E-state index contributed by atoms with van der Waals surface area (Å²) in [5.74, 6) is -1.37. The summed E-state index contributed by atoms with van der Waals surface area (Å²) < 4.78 is 0.698. The summed E-state index contributed by atoms with van der Waals surface area (Å²) in [4.78, 5) is 33.6. The molecule has 7 nitrogen and oxygen atoms in total. The fourth-order valence-corrected chi connectivity index (χ4v) is 4.19. The van der Waals surface area contributed by atoms with Crippen LogP contribution in [0.25, 0.3) is 21.9 Å². The van der Waals surface area contributed by atoms with Crippen molar-refractivity contribution in [1.29, 1.82) is 0 Å². The lowest BCUT2D eigenvalue weighted by molar-refractivity contribution is -0.133. The lowest BCUT2D eigenvalue weighted by Gasteiger charge is -2.20. The maximum Gasteiger partial charge on any atom is 0.315 e. The third-order valence-corrected chi connectivity index (χ3v) is 6.41. The molecule has 35 heavy (non-hydrogen) atoms. The van der Waals surface area contributed by atoms with Gasteiger partial charge in [0.25, 0.3) is 0 Å². The van der Waals surface area contributed by atoms with Crippen molar-refractivity contribution in [2.24, 2.45) is 0 Å². The summed E-state index contributed by atoms with van der Waals surface area (Å²) >= 11 is 3.47. The minimum Gasteiger partial charge on any atom is -0.398 e. The van der Waals surface area contributed by atoms with Crippen molar-refractivity contribution < 1.29 is 9.59 Å². The molecule has 0 aliphatic carbocycles. The molecule has 4 aromatic rings. The highest BCUT2D eigenvalue weighted by atomic mass is 79.9. The molecule has 0 unspecified atom stereocenters. The molecule has 4 N–H and O–H groups in total. The van der Waals surface area contributed by atoms with Crippen LogP contribution >= 0.6 is 15.9 Å². The molecule has 0 radical (unpaired) electrons. The first-order chi connectivity index (χ1) is 16.5. The topological polar surface area (TPSA) is 110 Å². The van der Waals surface area contributed by atoms with Gasteiger partial charge < -0.3 is 16.4 Å². The van der Waals surface area contributed by atoms with Crippen LogP contribution in [0, 0.1) is 6.92 Å². The number of nitrogen functional groups attached to an aromatic ring is 1. The number of carbonyl (C=O) groups is 2. The van der Waals surface area contributed by atoms with E-state index < -0.39 is 11.8 Å². The van der Waals surface area contributed by atoms with Gasteiger partial charge in [-0.05, 0) is 86.7 Å². The van der Waals surface area contributed by atoms with Crippen LogP contribution in [0.3, 0.4) is 0 Å². The number of halogens is 1. The number of hydrogen-bond donors (Lipinski definition) is 3. The van der Waals surface area contributed by atoms with E-state index in [-0.39, 0.29) is 11.2 Å². The van der Waals surface area contributed by atoms with E-state index in [1.54, 1.807) is 30.7 Å². The Balaban J connectivity index is 1.54. The van der Waals surface area contributed by atoms with Gasteiger partial charge in [0, 0.05) is 39.7 Å². The van der Waals surface area contributed by atoms with Gasteiger partial charge >= 0.3 is 11.8 Å². The summed E-state index contributed by atoms with van der Waals surface area (Å²) in [5.41, 5.74) is 11.3. The molecule has 0 fully saturated rings. The van der Waals surface area contributed by atoms with Gasteiger partial charge in [0.1, 0.15) is 5.82 Å². The molecule has 0 saturated heterocycles. The normalized spacial score (nSPS) is 11.3. The molecular weight excluding hydrogens is 506 g/mol. The molecule has 0 aliphatic heterocycles. The number of aryl methyl sites for hydroxylation is 1. The number of carbonyl (C=O) groups excluding carboxylic acids is 2. The van der Waals surface area contributed by atoms with Crippen molar-refractivity contribution in [1.82, 2.24) is 9.97 Å². The van der Waals surface area contributed by atoms with Gasteiger partial charge in [-0.25, -0.2) is 4.98 Å². The van der Waals surface area contributed by atoms with E-state index in [1.807, 2.05) is 37.3 Å². The number of rotatable bonds is 3. The van der Waals surface area contributed by atoms with Crippen LogP contribution < -0.4 is 16.4 Å². The molecule has 2 amide bonds. The zero-order chi connectivity index (χ0) is 25.3. The quantitative estimate of drug-likeness (QED) is 0.227. The van der Waals surface area contributed by atoms with Crippen molar-refractivity contribution in [2.45, 2.75) is 33.1 Å². The van der Waals surface area contributed by atoms with Crippen molar-refractivity contribution in [3.63, 3.8) is 0 Å². The van der Waals surface area contributed by atoms with Gasteiger partial charge in [0.15, 0.2) is 0 Å². The van der Waals surface area contributed by atoms with Gasteiger partial charge in [0.2, 0.25) is 0 Å². The largest absolute Gasteiger partial charge is 0.398 e. The average Bonchev–Trinajstić information content (AvgIpc) is 2.79. The molecular formula is C27H26BrN5O2. The Kier molecular flexibility index (Phi) is 6.58. The monoisotopic (exact) mass is 531 g/mol. The van der Waals surface area contributed by atoms with Crippen LogP contribution in [0.2, 0.25) is 0 Å². The minimum atomic E-state index is -0.823. The SMILES string of the molecule is Cc1ccncc1-c1cc(N)c2cnc(NC(=O)C(=O)Nc3ccc(C(C)(C)C)cc3Br)cc2c1. The third kappa shape index (κ3) is 5.33. The zero-order valence-electron chi connectivity index (χ0n) is 19.9. The Morgan fingerprint density at radius 1 is 0.971 bits per heavy atom. The highest BCUT2D eigenvalue weighted by Gasteiger charge is 2.19. The third-order valence-electron chi connectivity index (χ3n) is 5.75. The van der Waals surface area contributed by atoms with Crippen LogP contribution in [0.15, 0.2) is 65.5 Å². The smallest absolute Gasteiger partial charge is 0.315 e. The predicted molar refractivity (Wildman–Crippen MR) is 144 cm³/mol. The summed E-state index contributed by atoms with van der Waals surface area (Å²) in [6, 6.07) is 13.1. The molecule has 0 spiro atoms.